The predicted octanol–water partition coefficient (Wildman–Crippen LogP) is 2.98. The van der Waals surface area contributed by atoms with Crippen molar-refractivity contribution in [3.05, 3.63) is 59.7 Å². The highest BCUT2D eigenvalue weighted by molar-refractivity contribution is 7.92. The largest absolute Gasteiger partial charge is 0.491 e. The van der Waals surface area contributed by atoms with Crippen LogP contribution in [0, 0.1) is 6.92 Å². The van der Waals surface area contributed by atoms with Crippen LogP contribution in [0.3, 0.4) is 0 Å². The van der Waals surface area contributed by atoms with Gasteiger partial charge in [0.1, 0.15) is 5.75 Å². The van der Waals surface area contributed by atoms with E-state index in [2.05, 4.69) is 5.32 Å². The number of hydrogen-bond acceptors (Lipinski definition) is 4. The molecule has 0 bridgehead atoms. The molecular weight excluding hydrogens is 364 g/mol. The van der Waals surface area contributed by atoms with Crippen LogP contribution in [-0.4, -0.2) is 39.8 Å². The van der Waals surface area contributed by atoms with E-state index in [4.69, 9.17) is 4.74 Å². The summed E-state index contributed by atoms with van der Waals surface area (Å²) in [4.78, 5) is 12.1. The van der Waals surface area contributed by atoms with E-state index in [9.17, 15) is 13.2 Å². The first-order valence-electron chi connectivity index (χ1n) is 8.77. The molecule has 1 N–H and O–H groups in total. The molecule has 0 saturated carbocycles. The molecule has 0 saturated heterocycles. The first-order valence-corrected chi connectivity index (χ1v) is 10.4. The van der Waals surface area contributed by atoms with E-state index in [1.807, 2.05) is 26.8 Å². The van der Waals surface area contributed by atoms with Crippen molar-refractivity contribution in [2.45, 2.75) is 26.9 Å². The van der Waals surface area contributed by atoms with Crippen LogP contribution in [-0.2, 0) is 10.0 Å². The lowest BCUT2D eigenvalue weighted by atomic mass is 10.1. The van der Waals surface area contributed by atoms with E-state index >= 15 is 0 Å². The molecule has 0 unspecified atom stereocenters. The van der Waals surface area contributed by atoms with Crippen molar-refractivity contribution >= 4 is 21.6 Å². The lowest BCUT2D eigenvalue weighted by Crippen LogP contribution is -2.35. The molecule has 0 fully saturated rings. The highest BCUT2D eigenvalue weighted by Crippen LogP contribution is 2.21. The standard InChI is InChI=1S/C20H26N2O4S/c1-15(2)26-19-10-8-18(9-11-19)22(4)27(24,25)13-12-21-20(23)17-7-5-6-16(3)14-17/h5-11,14-15H,12-13H2,1-4H3,(H,21,23). The van der Waals surface area contributed by atoms with Crippen molar-refractivity contribution in [2.24, 2.45) is 0 Å². The van der Waals surface area contributed by atoms with Crippen molar-refractivity contribution in [3.63, 3.8) is 0 Å². The molecule has 2 aromatic rings. The molecule has 0 spiro atoms. The van der Waals surface area contributed by atoms with Gasteiger partial charge in [0.15, 0.2) is 0 Å². The van der Waals surface area contributed by atoms with E-state index in [0.717, 1.165) is 5.56 Å². The number of ether oxygens (including phenoxy) is 1. The molecule has 2 rings (SSSR count). The average Bonchev–Trinajstić information content (AvgIpc) is 2.61. The second-order valence-electron chi connectivity index (χ2n) is 6.57. The summed E-state index contributed by atoms with van der Waals surface area (Å²) in [5.41, 5.74) is 2.03. The molecule has 6 nitrogen and oxygen atoms in total. The predicted molar refractivity (Wildman–Crippen MR) is 108 cm³/mol. The first kappa shape index (κ1) is 20.8. The van der Waals surface area contributed by atoms with Crippen LogP contribution in [0.25, 0.3) is 0 Å². The Morgan fingerprint density at radius 2 is 1.81 bits per heavy atom. The second-order valence-corrected chi connectivity index (χ2v) is 8.69. The van der Waals surface area contributed by atoms with Gasteiger partial charge in [-0.05, 0) is 57.2 Å². The molecule has 0 radical (unpaired) electrons. The quantitative estimate of drug-likeness (QED) is 0.752. The number of rotatable bonds is 8. The number of hydrogen-bond donors (Lipinski definition) is 1. The van der Waals surface area contributed by atoms with Crippen LogP contribution in [0.5, 0.6) is 5.75 Å². The Kier molecular flexibility index (Phi) is 6.85. The van der Waals surface area contributed by atoms with Gasteiger partial charge in [0.2, 0.25) is 10.0 Å². The molecule has 0 aliphatic heterocycles. The third kappa shape index (κ3) is 5.99. The Labute approximate surface area is 161 Å². The number of amides is 1. The number of nitrogens with zero attached hydrogens (tertiary/aromatic N) is 1. The second kappa shape index (κ2) is 8.90. The summed E-state index contributed by atoms with van der Waals surface area (Å²) < 4.78 is 31.8. The van der Waals surface area contributed by atoms with E-state index < -0.39 is 10.0 Å². The minimum absolute atomic E-state index is 0.0357. The average molecular weight is 391 g/mol. The molecule has 0 aromatic heterocycles. The van der Waals surface area contributed by atoms with E-state index in [0.29, 0.717) is 17.0 Å². The van der Waals surface area contributed by atoms with Crippen LogP contribution in [0.1, 0.15) is 29.8 Å². The maximum Gasteiger partial charge on any atom is 0.251 e. The summed E-state index contributed by atoms with van der Waals surface area (Å²) in [6, 6.07) is 14.0. The molecule has 27 heavy (non-hydrogen) atoms. The topological polar surface area (TPSA) is 75.7 Å². The lowest BCUT2D eigenvalue weighted by Gasteiger charge is -2.20. The third-order valence-corrected chi connectivity index (χ3v) is 5.68. The number of anilines is 1. The van der Waals surface area contributed by atoms with Crippen molar-refractivity contribution in [1.82, 2.24) is 5.32 Å². The number of sulfonamides is 1. The molecule has 0 atom stereocenters. The summed E-state index contributed by atoms with van der Waals surface area (Å²) in [6.45, 7) is 5.78. The van der Waals surface area contributed by atoms with Gasteiger partial charge in [-0.15, -0.1) is 0 Å². The van der Waals surface area contributed by atoms with Gasteiger partial charge in [-0.25, -0.2) is 8.42 Å². The Hall–Kier alpha value is -2.54. The molecule has 2 aromatic carbocycles. The minimum Gasteiger partial charge on any atom is -0.491 e. The number of carbonyl (C=O) groups excluding carboxylic acids is 1. The molecule has 7 heteroatoms. The highest BCUT2D eigenvalue weighted by Gasteiger charge is 2.19. The van der Waals surface area contributed by atoms with Gasteiger partial charge in [0, 0.05) is 19.2 Å². The normalized spacial score (nSPS) is 11.3. The van der Waals surface area contributed by atoms with Gasteiger partial charge in [-0.3, -0.25) is 9.10 Å². The van der Waals surface area contributed by atoms with Gasteiger partial charge >= 0.3 is 0 Å². The molecular formula is C20H26N2O4S. The zero-order chi connectivity index (χ0) is 20.0. The van der Waals surface area contributed by atoms with Crippen LogP contribution >= 0.6 is 0 Å². The molecule has 1 amide bonds. The van der Waals surface area contributed by atoms with Crippen molar-refractivity contribution < 1.29 is 17.9 Å². The van der Waals surface area contributed by atoms with Gasteiger partial charge in [-0.2, -0.15) is 0 Å². The van der Waals surface area contributed by atoms with Crippen LogP contribution in [0.4, 0.5) is 5.69 Å². The zero-order valence-corrected chi connectivity index (χ0v) is 16.9. The number of aryl methyl sites for hydroxylation is 1. The summed E-state index contributed by atoms with van der Waals surface area (Å²) in [5, 5.41) is 2.65. The van der Waals surface area contributed by atoms with Crippen LogP contribution in [0.2, 0.25) is 0 Å². The van der Waals surface area contributed by atoms with Crippen molar-refractivity contribution in [1.29, 1.82) is 0 Å². The van der Waals surface area contributed by atoms with Crippen molar-refractivity contribution in [2.75, 3.05) is 23.7 Å². The minimum atomic E-state index is -3.56. The Morgan fingerprint density at radius 3 is 2.41 bits per heavy atom. The Balaban J connectivity index is 1.94. The van der Waals surface area contributed by atoms with E-state index in [1.165, 1.54) is 11.4 Å². The van der Waals surface area contributed by atoms with E-state index in [1.54, 1.807) is 42.5 Å². The van der Waals surface area contributed by atoms with Gasteiger partial charge < -0.3 is 10.1 Å². The summed E-state index contributed by atoms with van der Waals surface area (Å²) >= 11 is 0. The molecule has 0 aliphatic carbocycles. The maximum atomic E-state index is 12.5. The zero-order valence-electron chi connectivity index (χ0n) is 16.1. The van der Waals surface area contributed by atoms with Crippen LogP contribution in [0.15, 0.2) is 48.5 Å². The smallest absolute Gasteiger partial charge is 0.251 e. The Bertz CT molecular complexity index is 877. The maximum absolute atomic E-state index is 12.5. The molecule has 0 aliphatic rings. The van der Waals surface area contributed by atoms with Crippen LogP contribution < -0.4 is 14.4 Å². The first-order chi connectivity index (χ1) is 12.7. The summed E-state index contributed by atoms with van der Waals surface area (Å²) in [6.07, 6.45) is 0.0503. The van der Waals surface area contributed by atoms with E-state index in [-0.39, 0.29) is 24.3 Å². The SMILES string of the molecule is Cc1cccc(C(=O)NCCS(=O)(=O)N(C)c2ccc(OC(C)C)cc2)c1. The van der Waals surface area contributed by atoms with Gasteiger partial charge in [0.05, 0.1) is 17.5 Å². The highest BCUT2D eigenvalue weighted by atomic mass is 32.2. The fourth-order valence-electron chi connectivity index (χ4n) is 2.49. The molecule has 146 valence electrons. The number of carbonyl (C=O) groups is 1. The van der Waals surface area contributed by atoms with Gasteiger partial charge in [0.25, 0.3) is 5.91 Å². The Morgan fingerprint density at radius 1 is 1.15 bits per heavy atom. The van der Waals surface area contributed by atoms with Gasteiger partial charge in [-0.1, -0.05) is 17.7 Å². The monoisotopic (exact) mass is 390 g/mol. The fourth-order valence-corrected chi connectivity index (χ4v) is 3.56. The third-order valence-electron chi connectivity index (χ3n) is 3.92. The molecule has 0 heterocycles. The summed E-state index contributed by atoms with van der Waals surface area (Å²) in [5.74, 6) is 0.211. The number of benzene rings is 2. The summed E-state index contributed by atoms with van der Waals surface area (Å²) in [7, 11) is -2.06. The number of nitrogens with one attached hydrogen (secondary N) is 1. The fraction of sp³-hybridized carbons (Fsp3) is 0.350. The lowest BCUT2D eigenvalue weighted by molar-refractivity contribution is 0.0956. The van der Waals surface area contributed by atoms with Crippen molar-refractivity contribution in [3.8, 4) is 5.75 Å².